The van der Waals surface area contributed by atoms with Crippen molar-refractivity contribution >= 4 is 0 Å². The number of piperidine rings is 1. The van der Waals surface area contributed by atoms with E-state index < -0.39 is 0 Å². The molecule has 2 unspecified atom stereocenters. The molecule has 0 aromatic rings. The van der Waals surface area contributed by atoms with Gasteiger partial charge in [0.2, 0.25) is 0 Å². The molecular formula is C14H28N2O. The molecule has 0 bridgehead atoms. The maximum absolute atomic E-state index is 10.4. The predicted octanol–water partition coefficient (Wildman–Crippen LogP) is 1.71. The maximum Gasteiger partial charge on any atom is 0.0840 e. The monoisotopic (exact) mass is 240 g/mol. The fraction of sp³-hybridized carbons (Fsp3) is 1.00. The minimum Gasteiger partial charge on any atom is -0.390 e. The second-order valence-electron chi connectivity index (χ2n) is 5.80. The minimum atomic E-state index is -0.169. The number of likely N-dealkylation sites (tertiary alicyclic amines) is 2. The molecule has 3 heteroatoms. The van der Waals surface area contributed by atoms with Crippen molar-refractivity contribution in [2.45, 2.75) is 63.6 Å². The van der Waals surface area contributed by atoms with E-state index in [1.165, 1.54) is 32.4 Å². The van der Waals surface area contributed by atoms with E-state index in [0.29, 0.717) is 6.04 Å². The molecule has 0 saturated carbocycles. The van der Waals surface area contributed by atoms with Crippen molar-refractivity contribution in [1.29, 1.82) is 0 Å². The Morgan fingerprint density at radius 3 is 2.24 bits per heavy atom. The van der Waals surface area contributed by atoms with Gasteiger partial charge < -0.3 is 5.11 Å². The summed E-state index contributed by atoms with van der Waals surface area (Å²) < 4.78 is 0. The lowest BCUT2D eigenvalue weighted by Gasteiger charge is -2.46. The summed E-state index contributed by atoms with van der Waals surface area (Å²) in [6, 6.07) is 0.350. The first kappa shape index (κ1) is 13.3. The summed E-state index contributed by atoms with van der Waals surface area (Å²) in [4.78, 5) is 4.96. The van der Waals surface area contributed by atoms with Gasteiger partial charge in [-0.3, -0.25) is 9.80 Å². The molecule has 2 atom stereocenters. The number of hydrogen-bond donors (Lipinski definition) is 1. The Bertz CT molecular complexity index is 247. The van der Waals surface area contributed by atoms with E-state index in [2.05, 4.69) is 30.7 Å². The topological polar surface area (TPSA) is 26.7 Å². The number of aliphatic hydroxyl groups is 1. The van der Waals surface area contributed by atoms with E-state index in [0.717, 1.165) is 19.4 Å². The van der Waals surface area contributed by atoms with E-state index in [4.69, 9.17) is 0 Å². The zero-order valence-electron chi connectivity index (χ0n) is 11.7. The average Bonchev–Trinajstić information content (AvgIpc) is 2.61. The van der Waals surface area contributed by atoms with E-state index >= 15 is 0 Å². The Balaban J connectivity index is 2.21. The van der Waals surface area contributed by atoms with E-state index in [-0.39, 0.29) is 11.6 Å². The van der Waals surface area contributed by atoms with Gasteiger partial charge in [-0.05, 0) is 45.8 Å². The molecule has 0 aromatic carbocycles. The van der Waals surface area contributed by atoms with Crippen molar-refractivity contribution in [3.63, 3.8) is 0 Å². The van der Waals surface area contributed by atoms with Crippen LogP contribution in [0.4, 0.5) is 0 Å². The lowest BCUT2D eigenvalue weighted by atomic mass is 9.83. The molecular weight excluding hydrogens is 212 g/mol. The summed E-state index contributed by atoms with van der Waals surface area (Å²) in [6.07, 6.45) is 6.07. The zero-order chi connectivity index (χ0) is 12.5. The van der Waals surface area contributed by atoms with Gasteiger partial charge in [0.1, 0.15) is 0 Å². The molecule has 2 rings (SSSR count). The molecule has 2 aliphatic rings. The number of β-amino-alcohol motifs (C(OH)–C–C–N with tert-alkyl or cyclic N) is 1. The molecule has 2 aliphatic heterocycles. The molecule has 2 fully saturated rings. The highest BCUT2D eigenvalue weighted by molar-refractivity contribution is 5.09. The summed E-state index contributed by atoms with van der Waals surface area (Å²) in [7, 11) is 2.18. The van der Waals surface area contributed by atoms with Crippen LogP contribution in [0.15, 0.2) is 0 Å². The number of hydrogen-bond acceptors (Lipinski definition) is 3. The minimum absolute atomic E-state index is 0.169. The highest BCUT2D eigenvalue weighted by Crippen LogP contribution is 2.38. The molecule has 2 heterocycles. The second kappa shape index (κ2) is 5.25. The van der Waals surface area contributed by atoms with Gasteiger partial charge >= 0.3 is 0 Å². The number of aliphatic hydroxyl groups excluding tert-OH is 1. The van der Waals surface area contributed by atoms with Crippen molar-refractivity contribution in [2.24, 2.45) is 0 Å². The van der Waals surface area contributed by atoms with E-state index in [1.54, 1.807) is 0 Å². The zero-order valence-corrected chi connectivity index (χ0v) is 11.7. The van der Waals surface area contributed by atoms with Gasteiger partial charge in [0.25, 0.3) is 0 Å². The number of rotatable bonds is 3. The van der Waals surface area contributed by atoms with E-state index in [9.17, 15) is 5.11 Å². The van der Waals surface area contributed by atoms with Crippen LogP contribution >= 0.6 is 0 Å². The predicted molar refractivity (Wildman–Crippen MR) is 71.2 cm³/mol. The molecule has 0 aliphatic carbocycles. The second-order valence-corrected chi connectivity index (χ2v) is 5.80. The highest BCUT2D eigenvalue weighted by Gasteiger charge is 2.51. The summed E-state index contributed by atoms with van der Waals surface area (Å²) in [5.41, 5.74) is 0.191. The molecule has 2 saturated heterocycles. The van der Waals surface area contributed by atoms with Crippen LogP contribution in [0.5, 0.6) is 0 Å². The maximum atomic E-state index is 10.4. The quantitative estimate of drug-likeness (QED) is 0.813. The van der Waals surface area contributed by atoms with Crippen LogP contribution in [0, 0.1) is 0 Å². The lowest BCUT2D eigenvalue weighted by Crippen LogP contribution is -2.58. The molecule has 1 N–H and O–H groups in total. The standard InChI is InChI=1S/C14H28N2O/c1-4-14(5-2)13(12(17)11-15(14)3)16-9-7-6-8-10-16/h12-13,17H,4-11H2,1-3H3. The molecule has 0 radical (unpaired) electrons. The fourth-order valence-corrected chi connectivity index (χ4v) is 4.13. The largest absolute Gasteiger partial charge is 0.390 e. The van der Waals surface area contributed by atoms with Gasteiger partial charge in [-0.15, -0.1) is 0 Å². The Kier molecular flexibility index (Phi) is 4.11. The van der Waals surface area contributed by atoms with Crippen molar-refractivity contribution in [1.82, 2.24) is 9.80 Å². The van der Waals surface area contributed by atoms with Gasteiger partial charge in [0, 0.05) is 12.1 Å². The normalized spacial score (nSPS) is 35.3. The summed E-state index contributed by atoms with van der Waals surface area (Å²) >= 11 is 0. The first-order valence-electron chi connectivity index (χ1n) is 7.29. The Morgan fingerprint density at radius 1 is 1.12 bits per heavy atom. The third-order valence-electron chi connectivity index (χ3n) is 5.14. The summed E-state index contributed by atoms with van der Waals surface area (Å²) in [6.45, 7) is 7.74. The van der Waals surface area contributed by atoms with Crippen molar-refractivity contribution in [3.05, 3.63) is 0 Å². The van der Waals surface area contributed by atoms with Crippen LogP contribution in [0.3, 0.4) is 0 Å². The average molecular weight is 240 g/mol. The Labute approximate surface area is 106 Å². The van der Waals surface area contributed by atoms with Crippen LogP contribution in [0.1, 0.15) is 46.0 Å². The Morgan fingerprint density at radius 2 is 1.71 bits per heavy atom. The molecule has 0 aromatic heterocycles. The SMILES string of the molecule is CCC1(CC)C(N2CCCCC2)C(O)CN1C. The lowest BCUT2D eigenvalue weighted by molar-refractivity contribution is 0.0136. The number of likely N-dealkylation sites (N-methyl/N-ethyl adjacent to an activating group) is 1. The Hall–Kier alpha value is -0.120. The molecule has 3 nitrogen and oxygen atoms in total. The van der Waals surface area contributed by atoms with Crippen LogP contribution < -0.4 is 0 Å². The smallest absolute Gasteiger partial charge is 0.0840 e. The third kappa shape index (κ3) is 2.13. The van der Waals surface area contributed by atoms with Gasteiger partial charge in [0.15, 0.2) is 0 Å². The van der Waals surface area contributed by atoms with E-state index in [1.807, 2.05) is 0 Å². The van der Waals surface area contributed by atoms with Gasteiger partial charge in [-0.25, -0.2) is 0 Å². The van der Waals surface area contributed by atoms with Crippen LogP contribution in [-0.4, -0.2) is 59.3 Å². The third-order valence-corrected chi connectivity index (χ3v) is 5.14. The van der Waals surface area contributed by atoms with Crippen molar-refractivity contribution in [2.75, 3.05) is 26.7 Å². The first-order chi connectivity index (χ1) is 8.15. The fourth-order valence-electron chi connectivity index (χ4n) is 4.13. The van der Waals surface area contributed by atoms with Crippen molar-refractivity contribution in [3.8, 4) is 0 Å². The first-order valence-corrected chi connectivity index (χ1v) is 7.29. The molecule has 0 amide bonds. The van der Waals surface area contributed by atoms with Crippen LogP contribution in [-0.2, 0) is 0 Å². The van der Waals surface area contributed by atoms with Crippen LogP contribution in [0.25, 0.3) is 0 Å². The molecule has 0 spiro atoms. The summed E-state index contributed by atoms with van der Waals surface area (Å²) in [5, 5.41) is 10.4. The summed E-state index contributed by atoms with van der Waals surface area (Å²) in [5.74, 6) is 0. The van der Waals surface area contributed by atoms with Crippen molar-refractivity contribution < 1.29 is 5.11 Å². The van der Waals surface area contributed by atoms with Gasteiger partial charge in [-0.1, -0.05) is 20.3 Å². The molecule has 17 heavy (non-hydrogen) atoms. The van der Waals surface area contributed by atoms with Crippen LogP contribution in [0.2, 0.25) is 0 Å². The molecule has 100 valence electrons. The highest BCUT2D eigenvalue weighted by atomic mass is 16.3. The number of nitrogens with zero attached hydrogens (tertiary/aromatic N) is 2. The van der Waals surface area contributed by atoms with Gasteiger partial charge in [0.05, 0.1) is 12.1 Å². The van der Waals surface area contributed by atoms with Gasteiger partial charge in [-0.2, -0.15) is 0 Å².